The fourth-order valence-electron chi connectivity index (χ4n) is 2.38. The highest BCUT2D eigenvalue weighted by atomic mass is 16.5. The van der Waals surface area contributed by atoms with Crippen LogP contribution < -0.4 is 4.74 Å². The number of hydrogen-bond donors (Lipinski definition) is 1. The highest BCUT2D eigenvalue weighted by molar-refractivity contribution is 6.07. The third kappa shape index (κ3) is 1.65. The van der Waals surface area contributed by atoms with Crippen LogP contribution >= 0.6 is 0 Å². The van der Waals surface area contributed by atoms with Crippen LogP contribution in [0.15, 0.2) is 36.4 Å². The maximum atomic E-state index is 5.30. The Morgan fingerprint density at radius 2 is 1.61 bits per heavy atom. The predicted molar refractivity (Wildman–Crippen MR) is 76.4 cm³/mol. The molecule has 2 nitrogen and oxygen atoms in total. The molecular weight excluding hydrogens is 222 g/mol. The zero-order valence-corrected chi connectivity index (χ0v) is 10.9. The third-order valence-corrected chi connectivity index (χ3v) is 3.50. The first-order valence-electron chi connectivity index (χ1n) is 6.28. The van der Waals surface area contributed by atoms with Gasteiger partial charge in [0, 0.05) is 21.8 Å². The number of benzene rings is 2. The first-order valence-corrected chi connectivity index (χ1v) is 6.28. The zero-order chi connectivity index (χ0) is 12.7. The van der Waals surface area contributed by atoms with Crippen LogP contribution in [0.1, 0.15) is 25.3 Å². The number of methoxy groups -OCH3 is 1. The summed E-state index contributed by atoms with van der Waals surface area (Å²) in [6, 6.07) is 12.8. The molecule has 0 aliphatic rings. The van der Waals surface area contributed by atoms with Gasteiger partial charge in [-0.2, -0.15) is 0 Å². The molecule has 0 unspecified atom stereocenters. The van der Waals surface area contributed by atoms with Crippen LogP contribution in [0.3, 0.4) is 0 Å². The van der Waals surface area contributed by atoms with Crippen molar-refractivity contribution in [3.8, 4) is 5.75 Å². The van der Waals surface area contributed by atoms with Crippen molar-refractivity contribution in [3.05, 3.63) is 42.0 Å². The average Bonchev–Trinajstić information content (AvgIpc) is 2.75. The minimum atomic E-state index is 0.546. The smallest absolute Gasteiger partial charge is 0.119 e. The molecule has 2 aromatic carbocycles. The molecule has 0 saturated heterocycles. The summed E-state index contributed by atoms with van der Waals surface area (Å²) in [7, 11) is 1.70. The Labute approximate surface area is 107 Å². The number of aromatic nitrogens is 1. The molecule has 0 aliphatic heterocycles. The van der Waals surface area contributed by atoms with Gasteiger partial charge in [0.05, 0.1) is 7.11 Å². The van der Waals surface area contributed by atoms with Gasteiger partial charge in [-0.25, -0.2) is 0 Å². The van der Waals surface area contributed by atoms with E-state index in [0.717, 1.165) is 11.3 Å². The lowest BCUT2D eigenvalue weighted by Crippen LogP contribution is -1.85. The summed E-state index contributed by atoms with van der Waals surface area (Å²) in [5, 5.41) is 2.50. The number of H-pyrrole nitrogens is 1. The minimum absolute atomic E-state index is 0.546. The molecule has 0 spiro atoms. The molecule has 0 radical (unpaired) electrons. The van der Waals surface area contributed by atoms with E-state index in [1.807, 2.05) is 6.07 Å². The molecule has 1 N–H and O–H groups in total. The summed E-state index contributed by atoms with van der Waals surface area (Å²) in [6.07, 6.45) is 0. The van der Waals surface area contributed by atoms with Gasteiger partial charge in [0.15, 0.2) is 0 Å². The van der Waals surface area contributed by atoms with E-state index >= 15 is 0 Å². The Bertz CT molecular complexity index is 710. The van der Waals surface area contributed by atoms with E-state index in [9.17, 15) is 0 Å². The number of fused-ring (bicyclic) bond motifs is 3. The maximum Gasteiger partial charge on any atom is 0.119 e. The fourth-order valence-corrected chi connectivity index (χ4v) is 2.38. The maximum absolute atomic E-state index is 5.30. The van der Waals surface area contributed by atoms with E-state index in [1.165, 1.54) is 21.9 Å². The molecule has 1 heterocycles. The Kier molecular flexibility index (Phi) is 2.51. The van der Waals surface area contributed by atoms with Gasteiger partial charge < -0.3 is 9.72 Å². The Balaban J connectivity index is 2.34. The number of hydrogen-bond acceptors (Lipinski definition) is 1. The third-order valence-electron chi connectivity index (χ3n) is 3.50. The van der Waals surface area contributed by atoms with Gasteiger partial charge in [-0.15, -0.1) is 0 Å². The van der Waals surface area contributed by atoms with Crippen LogP contribution in [0.5, 0.6) is 5.75 Å². The van der Waals surface area contributed by atoms with Crippen molar-refractivity contribution >= 4 is 21.8 Å². The lowest BCUT2D eigenvalue weighted by Gasteiger charge is -2.05. The first-order chi connectivity index (χ1) is 8.69. The summed E-state index contributed by atoms with van der Waals surface area (Å²) in [6.45, 7) is 4.44. The Morgan fingerprint density at radius 3 is 2.28 bits per heavy atom. The molecule has 0 bridgehead atoms. The van der Waals surface area contributed by atoms with Gasteiger partial charge in [0.1, 0.15) is 5.75 Å². The van der Waals surface area contributed by atoms with Crippen molar-refractivity contribution in [2.45, 2.75) is 19.8 Å². The molecule has 0 saturated carbocycles. The van der Waals surface area contributed by atoms with Gasteiger partial charge in [-0.1, -0.05) is 19.9 Å². The van der Waals surface area contributed by atoms with E-state index in [0.29, 0.717) is 5.92 Å². The van der Waals surface area contributed by atoms with Crippen molar-refractivity contribution in [1.29, 1.82) is 0 Å². The van der Waals surface area contributed by atoms with Gasteiger partial charge in [-0.3, -0.25) is 0 Å². The van der Waals surface area contributed by atoms with Crippen molar-refractivity contribution in [3.63, 3.8) is 0 Å². The van der Waals surface area contributed by atoms with E-state index in [2.05, 4.69) is 49.2 Å². The molecular formula is C16H17NO. The van der Waals surface area contributed by atoms with Crippen molar-refractivity contribution in [1.82, 2.24) is 4.98 Å². The van der Waals surface area contributed by atoms with Gasteiger partial charge >= 0.3 is 0 Å². The van der Waals surface area contributed by atoms with Crippen LogP contribution in [-0.2, 0) is 0 Å². The topological polar surface area (TPSA) is 25.0 Å². The minimum Gasteiger partial charge on any atom is -0.497 e. The molecule has 1 aromatic heterocycles. The van der Waals surface area contributed by atoms with E-state index in [1.54, 1.807) is 7.11 Å². The number of aromatic amines is 1. The van der Waals surface area contributed by atoms with Gasteiger partial charge in [-0.05, 0) is 41.8 Å². The monoisotopic (exact) mass is 239 g/mol. The highest BCUT2D eigenvalue weighted by Crippen LogP contribution is 2.30. The Hall–Kier alpha value is -1.96. The number of nitrogens with one attached hydrogen (secondary N) is 1. The van der Waals surface area contributed by atoms with Gasteiger partial charge in [0.25, 0.3) is 0 Å². The fraction of sp³-hybridized carbons (Fsp3) is 0.250. The Morgan fingerprint density at radius 1 is 0.944 bits per heavy atom. The molecule has 92 valence electrons. The standard InChI is InChI=1S/C16H17NO/c1-10(2)11-4-6-15-13(8-11)14-9-12(18-3)5-7-16(14)17-15/h4-10,17H,1-3H3. The van der Waals surface area contributed by atoms with Crippen LogP contribution in [0.4, 0.5) is 0 Å². The SMILES string of the molecule is COc1ccc2[nH]c3ccc(C(C)C)cc3c2c1. The summed E-state index contributed by atoms with van der Waals surface area (Å²) >= 11 is 0. The second-order valence-corrected chi connectivity index (χ2v) is 5.00. The van der Waals surface area contributed by atoms with Crippen LogP contribution in [0.25, 0.3) is 21.8 Å². The molecule has 0 atom stereocenters. The summed E-state index contributed by atoms with van der Waals surface area (Å²) in [5.41, 5.74) is 3.71. The van der Waals surface area contributed by atoms with Crippen molar-refractivity contribution in [2.75, 3.05) is 7.11 Å². The molecule has 0 amide bonds. The second kappa shape index (κ2) is 4.05. The number of ether oxygens (including phenoxy) is 1. The summed E-state index contributed by atoms with van der Waals surface area (Å²) in [4.78, 5) is 3.44. The van der Waals surface area contributed by atoms with Gasteiger partial charge in [0.2, 0.25) is 0 Å². The summed E-state index contributed by atoms with van der Waals surface area (Å²) in [5.74, 6) is 1.45. The second-order valence-electron chi connectivity index (χ2n) is 5.00. The molecule has 18 heavy (non-hydrogen) atoms. The van der Waals surface area contributed by atoms with Crippen molar-refractivity contribution < 1.29 is 4.74 Å². The number of rotatable bonds is 2. The van der Waals surface area contributed by atoms with Crippen molar-refractivity contribution in [2.24, 2.45) is 0 Å². The lowest BCUT2D eigenvalue weighted by atomic mass is 10.0. The van der Waals surface area contributed by atoms with E-state index < -0.39 is 0 Å². The molecule has 3 rings (SSSR count). The first kappa shape index (κ1) is 11.1. The highest BCUT2D eigenvalue weighted by Gasteiger charge is 2.07. The molecule has 2 heteroatoms. The zero-order valence-electron chi connectivity index (χ0n) is 10.9. The van der Waals surface area contributed by atoms with Crippen LogP contribution in [0.2, 0.25) is 0 Å². The quantitative estimate of drug-likeness (QED) is 0.702. The van der Waals surface area contributed by atoms with Crippen LogP contribution in [-0.4, -0.2) is 12.1 Å². The predicted octanol–water partition coefficient (Wildman–Crippen LogP) is 4.45. The van der Waals surface area contributed by atoms with E-state index in [4.69, 9.17) is 4.74 Å². The molecule has 3 aromatic rings. The lowest BCUT2D eigenvalue weighted by molar-refractivity contribution is 0.415. The average molecular weight is 239 g/mol. The summed E-state index contributed by atoms with van der Waals surface area (Å²) < 4.78 is 5.30. The molecule has 0 fully saturated rings. The normalized spacial score (nSPS) is 11.6. The van der Waals surface area contributed by atoms with Crippen LogP contribution in [0, 0.1) is 0 Å². The molecule has 0 aliphatic carbocycles. The van der Waals surface area contributed by atoms with E-state index in [-0.39, 0.29) is 0 Å². The largest absolute Gasteiger partial charge is 0.497 e.